The standard InChI is InChI=1S/C17H21NO3/c1-3-14(18)11-15-9-10-16(21-15)12-5-7-13(8-6-12)17(19)20-4-2/h5-10,14H,3-4,11,18H2,1-2H3. The molecule has 0 aliphatic heterocycles. The molecule has 0 aliphatic rings. The van der Waals surface area contributed by atoms with Gasteiger partial charge in [-0.15, -0.1) is 0 Å². The molecule has 4 heteroatoms. The Bertz CT molecular complexity index is 586. The monoisotopic (exact) mass is 287 g/mol. The molecule has 1 aromatic carbocycles. The Morgan fingerprint density at radius 3 is 2.52 bits per heavy atom. The number of rotatable bonds is 6. The lowest BCUT2D eigenvalue weighted by molar-refractivity contribution is 0.0526. The SMILES string of the molecule is CCOC(=O)c1ccc(-c2ccc(CC(N)CC)o2)cc1. The summed E-state index contributed by atoms with van der Waals surface area (Å²) in [6, 6.07) is 11.2. The second kappa shape index (κ2) is 7.09. The fourth-order valence-electron chi connectivity index (χ4n) is 2.03. The van der Waals surface area contributed by atoms with Gasteiger partial charge in [0.05, 0.1) is 12.2 Å². The molecule has 0 amide bonds. The predicted molar refractivity (Wildman–Crippen MR) is 82.1 cm³/mol. The minimum absolute atomic E-state index is 0.121. The second-order valence-electron chi connectivity index (χ2n) is 4.94. The van der Waals surface area contributed by atoms with Crippen LogP contribution in [-0.4, -0.2) is 18.6 Å². The second-order valence-corrected chi connectivity index (χ2v) is 4.94. The van der Waals surface area contributed by atoms with Gasteiger partial charge in [0.25, 0.3) is 0 Å². The molecule has 2 aromatic rings. The summed E-state index contributed by atoms with van der Waals surface area (Å²) in [4.78, 5) is 11.6. The number of ether oxygens (including phenoxy) is 1. The van der Waals surface area contributed by atoms with Crippen LogP contribution in [0.4, 0.5) is 0 Å². The average Bonchev–Trinajstić information content (AvgIpc) is 2.96. The predicted octanol–water partition coefficient (Wildman–Crippen LogP) is 3.40. The van der Waals surface area contributed by atoms with E-state index >= 15 is 0 Å². The van der Waals surface area contributed by atoms with Gasteiger partial charge in [-0.2, -0.15) is 0 Å². The summed E-state index contributed by atoms with van der Waals surface area (Å²) in [5, 5.41) is 0. The molecule has 112 valence electrons. The molecule has 1 unspecified atom stereocenters. The van der Waals surface area contributed by atoms with Crippen LogP contribution in [0.2, 0.25) is 0 Å². The molecule has 4 nitrogen and oxygen atoms in total. The molecule has 2 N–H and O–H groups in total. The van der Waals surface area contributed by atoms with Gasteiger partial charge in [0, 0.05) is 18.0 Å². The van der Waals surface area contributed by atoms with Gasteiger partial charge in [0.2, 0.25) is 0 Å². The first-order chi connectivity index (χ1) is 10.1. The summed E-state index contributed by atoms with van der Waals surface area (Å²) in [7, 11) is 0. The lowest BCUT2D eigenvalue weighted by Crippen LogP contribution is -2.20. The Hall–Kier alpha value is -2.07. The summed E-state index contributed by atoms with van der Waals surface area (Å²) in [6.45, 7) is 4.22. The molecular formula is C17H21NO3. The largest absolute Gasteiger partial charge is 0.462 e. The highest BCUT2D eigenvalue weighted by molar-refractivity contribution is 5.89. The molecule has 1 atom stereocenters. The summed E-state index contributed by atoms with van der Waals surface area (Å²) in [6.07, 6.45) is 1.65. The van der Waals surface area contributed by atoms with E-state index in [9.17, 15) is 4.79 Å². The van der Waals surface area contributed by atoms with Gasteiger partial charge in [-0.1, -0.05) is 19.1 Å². The number of furan rings is 1. The molecule has 0 fully saturated rings. The molecule has 0 bridgehead atoms. The Morgan fingerprint density at radius 1 is 1.19 bits per heavy atom. The van der Waals surface area contributed by atoms with Gasteiger partial charge in [-0.05, 0) is 37.6 Å². The molecule has 2 rings (SSSR count). The number of hydrogen-bond donors (Lipinski definition) is 1. The maximum atomic E-state index is 11.6. The molecule has 0 spiro atoms. The third-order valence-electron chi connectivity index (χ3n) is 3.33. The van der Waals surface area contributed by atoms with Crippen molar-refractivity contribution in [2.75, 3.05) is 6.61 Å². The quantitative estimate of drug-likeness (QED) is 0.827. The van der Waals surface area contributed by atoms with Crippen molar-refractivity contribution in [3.8, 4) is 11.3 Å². The number of benzene rings is 1. The Balaban J connectivity index is 2.10. The van der Waals surface area contributed by atoms with Gasteiger partial charge in [0.1, 0.15) is 11.5 Å². The van der Waals surface area contributed by atoms with Crippen molar-refractivity contribution in [2.24, 2.45) is 5.73 Å². The highest BCUT2D eigenvalue weighted by Gasteiger charge is 2.10. The minimum atomic E-state index is -0.307. The first kappa shape index (κ1) is 15.3. The van der Waals surface area contributed by atoms with Crippen LogP contribution in [0.15, 0.2) is 40.8 Å². The Labute approximate surface area is 124 Å². The molecule has 0 saturated heterocycles. The van der Waals surface area contributed by atoms with Crippen LogP contribution >= 0.6 is 0 Å². The van der Waals surface area contributed by atoms with Gasteiger partial charge < -0.3 is 14.9 Å². The van der Waals surface area contributed by atoms with Crippen molar-refractivity contribution in [2.45, 2.75) is 32.7 Å². The number of carbonyl (C=O) groups is 1. The first-order valence-electron chi connectivity index (χ1n) is 7.25. The number of nitrogens with two attached hydrogens (primary N) is 1. The van der Waals surface area contributed by atoms with Crippen molar-refractivity contribution in [1.82, 2.24) is 0 Å². The smallest absolute Gasteiger partial charge is 0.338 e. The van der Waals surface area contributed by atoms with Gasteiger partial charge in [-0.3, -0.25) is 0 Å². The molecule has 0 aliphatic carbocycles. The number of esters is 1. The van der Waals surface area contributed by atoms with Gasteiger partial charge in [-0.25, -0.2) is 4.79 Å². The van der Waals surface area contributed by atoms with Crippen molar-refractivity contribution in [1.29, 1.82) is 0 Å². The molecule has 0 saturated carbocycles. The van der Waals surface area contributed by atoms with Crippen LogP contribution in [-0.2, 0) is 11.2 Å². The maximum absolute atomic E-state index is 11.6. The summed E-state index contributed by atoms with van der Waals surface area (Å²) in [5.41, 5.74) is 7.40. The summed E-state index contributed by atoms with van der Waals surface area (Å²) in [5.74, 6) is 1.36. The molecule has 21 heavy (non-hydrogen) atoms. The van der Waals surface area contributed by atoms with E-state index < -0.39 is 0 Å². The van der Waals surface area contributed by atoms with Crippen LogP contribution in [0.25, 0.3) is 11.3 Å². The minimum Gasteiger partial charge on any atom is -0.462 e. The Kier molecular flexibility index (Phi) is 5.17. The van der Waals surface area contributed by atoms with E-state index in [-0.39, 0.29) is 12.0 Å². The van der Waals surface area contributed by atoms with E-state index in [0.717, 1.165) is 29.9 Å². The van der Waals surface area contributed by atoms with Gasteiger partial charge >= 0.3 is 5.97 Å². The Morgan fingerprint density at radius 2 is 1.90 bits per heavy atom. The topological polar surface area (TPSA) is 65.5 Å². The van der Waals surface area contributed by atoms with Crippen molar-refractivity contribution in [3.05, 3.63) is 47.7 Å². The van der Waals surface area contributed by atoms with Crippen molar-refractivity contribution < 1.29 is 13.9 Å². The van der Waals surface area contributed by atoms with E-state index in [1.807, 2.05) is 24.3 Å². The fourth-order valence-corrected chi connectivity index (χ4v) is 2.03. The van der Waals surface area contributed by atoms with Gasteiger partial charge in [0.15, 0.2) is 0 Å². The van der Waals surface area contributed by atoms with E-state index in [1.165, 1.54) is 0 Å². The normalized spacial score (nSPS) is 12.1. The van der Waals surface area contributed by atoms with E-state index in [2.05, 4.69) is 6.92 Å². The zero-order chi connectivity index (χ0) is 15.2. The highest BCUT2D eigenvalue weighted by Crippen LogP contribution is 2.23. The average molecular weight is 287 g/mol. The van der Waals surface area contributed by atoms with Crippen LogP contribution in [0.5, 0.6) is 0 Å². The zero-order valence-corrected chi connectivity index (χ0v) is 12.5. The van der Waals surface area contributed by atoms with Crippen LogP contribution < -0.4 is 5.73 Å². The molecular weight excluding hydrogens is 266 g/mol. The van der Waals surface area contributed by atoms with Crippen molar-refractivity contribution in [3.63, 3.8) is 0 Å². The summed E-state index contributed by atoms with van der Waals surface area (Å²) < 4.78 is 10.8. The van der Waals surface area contributed by atoms with Crippen LogP contribution in [0.3, 0.4) is 0 Å². The molecule has 1 heterocycles. The molecule has 0 radical (unpaired) electrons. The third kappa shape index (κ3) is 3.95. The lowest BCUT2D eigenvalue weighted by Gasteiger charge is -2.05. The van der Waals surface area contributed by atoms with E-state index in [4.69, 9.17) is 14.9 Å². The summed E-state index contributed by atoms with van der Waals surface area (Å²) >= 11 is 0. The molecule has 1 aromatic heterocycles. The van der Waals surface area contributed by atoms with Crippen LogP contribution in [0.1, 0.15) is 36.4 Å². The number of hydrogen-bond acceptors (Lipinski definition) is 4. The number of carbonyl (C=O) groups excluding carboxylic acids is 1. The highest BCUT2D eigenvalue weighted by atomic mass is 16.5. The zero-order valence-electron chi connectivity index (χ0n) is 12.5. The van der Waals surface area contributed by atoms with E-state index in [0.29, 0.717) is 12.2 Å². The lowest BCUT2D eigenvalue weighted by atomic mass is 10.1. The third-order valence-corrected chi connectivity index (χ3v) is 3.33. The maximum Gasteiger partial charge on any atom is 0.338 e. The van der Waals surface area contributed by atoms with E-state index in [1.54, 1.807) is 19.1 Å². The van der Waals surface area contributed by atoms with Crippen molar-refractivity contribution >= 4 is 5.97 Å². The first-order valence-corrected chi connectivity index (χ1v) is 7.25. The fraction of sp³-hybridized carbons (Fsp3) is 0.353. The van der Waals surface area contributed by atoms with Crippen LogP contribution in [0, 0.1) is 0 Å².